The van der Waals surface area contributed by atoms with Gasteiger partial charge in [0, 0.05) is 24.7 Å². The van der Waals surface area contributed by atoms with E-state index in [0.29, 0.717) is 6.54 Å². The zero-order valence-electron chi connectivity index (χ0n) is 17.5. The van der Waals surface area contributed by atoms with Crippen LogP contribution < -0.4 is 20.1 Å². The molecule has 0 radical (unpaired) electrons. The van der Waals surface area contributed by atoms with E-state index in [2.05, 4.69) is 27.7 Å². The van der Waals surface area contributed by atoms with Crippen molar-refractivity contribution in [2.45, 2.75) is 46.6 Å². The summed E-state index contributed by atoms with van der Waals surface area (Å²) in [6.45, 7) is 10.2. The first-order valence-electron chi connectivity index (χ1n) is 9.78. The lowest BCUT2D eigenvalue weighted by atomic mass is 10.1. The maximum absolute atomic E-state index is 5.93. The highest BCUT2D eigenvalue weighted by molar-refractivity contribution is 5.79. The summed E-state index contributed by atoms with van der Waals surface area (Å²) in [5.74, 6) is 3.25. The smallest absolute Gasteiger partial charge is 0.191 e. The molecule has 1 heterocycles. The molecule has 0 saturated heterocycles. The van der Waals surface area contributed by atoms with Crippen LogP contribution in [0.1, 0.15) is 37.3 Å². The molecule has 1 aromatic heterocycles. The zero-order valence-corrected chi connectivity index (χ0v) is 17.5. The van der Waals surface area contributed by atoms with Crippen LogP contribution in [-0.4, -0.2) is 44.0 Å². The first kappa shape index (κ1) is 21.6. The summed E-state index contributed by atoms with van der Waals surface area (Å²) in [6.07, 6.45) is 1.86. The number of aryl methyl sites for hydroxylation is 2. The molecule has 1 unspecified atom stereocenters. The molecule has 0 aliphatic heterocycles. The molecule has 154 valence electrons. The number of nitrogens with zero attached hydrogens (tertiary/aromatic N) is 2. The number of hydrogen-bond acceptors (Lipinski definition) is 5. The van der Waals surface area contributed by atoms with E-state index in [1.54, 1.807) is 7.11 Å². The molecule has 2 aromatic rings. The molecule has 7 heteroatoms. The van der Waals surface area contributed by atoms with E-state index in [1.165, 1.54) is 5.56 Å². The van der Waals surface area contributed by atoms with Gasteiger partial charge in [-0.3, -0.25) is 0 Å². The third-order valence-corrected chi connectivity index (χ3v) is 4.31. The third-order valence-electron chi connectivity index (χ3n) is 4.31. The van der Waals surface area contributed by atoms with Gasteiger partial charge in [0.15, 0.2) is 5.96 Å². The minimum atomic E-state index is -0.0510. The molecule has 1 aromatic carbocycles. The van der Waals surface area contributed by atoms with E-state index in [0.717, 1.165) is 54.8 Å². The highest BCUT2D eigenvalue weighted by Gasteiger charge is 2.09. The molecular weight excluding hydrogens is 356 g/mol. The summed E-state index contributed by atoms with van der Waals surface area (Å²) in [5.41, 5.74) is 2.17. The number of hydrogen-bond donors (Lipinski definition) is 2. The molecule has 0 saturated carbocycles. The van der Waals surface area contributed by atoms with E-state index < -0.39 is 0 Å². The standard InChI is InChI=1S/C21H32N4O3/c1-6-22-21(23-12-8-11-20-16(3)25-28-17(20)4)24-14-15(2)27-19-10-7-9-18(13-19)26-5/h7,9-10,13,15H,6,8,11-12,14H2,1-5H3,(H2,22,23,24). The van der Waals surface area contributed by atoms with Crippen LogP contribution in [0.25, 0.3) is 0 Å². The number of aliphatic imine (C=N–C) groups is 1. The van der Waals surface area contributed by atoms with Crippen molar-refractivity contribution in [3.8, 4) is 11.5 Å². The molecule has 1 atom stereocenters. The van der Waals surface area contributed by atoms with Gasteiger partial charge in [-0.2, -0.15) is 0 Å². The fourth-order valence-electron chi connectivity index (χ4n) is 2.84. The Balaban J connectivity index is 1.80. The average molecular weight is 389 g/mol. The Kier molecular flexibility index (Phi) is 8.65. The molecule has 28 heavy (non-hydrogen) atoms. The van der Waals surface area contributed by atoms with Gasteiger partial charge in [-0.05, 0) is 52.7 Å². The second-order valence-corrected chi connectivity index (χ2v) is 6.66. The predicted molar refractivity (Wildman–Crippen MR) is 111 cm³/mol. The van der Waals surface area contributed by atoms with Gasteiger partial charge < -0.3 is 24.6 Å². The minimum absolute atomic E-state index is 0.0510. The van der Waals surface area contributed by atoms with E-state index >= 15 is 0 Å². The molecule has 7 nitrogen and oxygen atoms in total. The number of methoxy groups -OCH3 is 1. The van der Waals surface area contributed by atoms with Crippen LogP contribution in [0.4, 0.5) is 0 Å². The van der Waals surface area contributed by atoms with Gasteiger partial charge in [-0.1, -0.05) is 11.2 Å². The molecule has 0 fully saturated rings. The summed E-state index contributed by atoms with van der Waals surface area (Å²) >= 11 is 0. The Hall–Kier alpha value is -2.70. The fraction of sp³-hybridized carbons (Fsp3) is 0.524. The maximum atomic E-state index is 5.93. The zero-order chi connectivity index (χ0) is 20.4. The number of guanidine groups is 1. The van der Waals surface area contributed by atoms with E-state index in [-0.39, 0.29) is 6.10 Å². The van der Waals surface area contributed by atoms with Crippen molar-refractivity contribution in [2.24, 2.45) is 4.99 Å². The van der Waals surface area contributed by atoms with Gasteiger partial charge in [0.1, 0.15) is 23.4 Å². The van der Waals surface area contributed by atoms with Crippen molar-refractivity contribution in [3.05, 3.63) is 41.3 Å². The van der Waals surface area contributed by atoms with Crippen LogP contribution >= 0.6 is 0 Å². The van der Waals surface area contributed by atoms with Crippen molar-refractivity contribution in [2.75, 3.05) is 26.7 Å². The van der Waals surface area contributed by atoms with Gasteiger partial charge in [0.05, 0.1) is 19.3 Å². The summed E-state index contributed by atoms with van der Waals surface area (Å²) in [4.78, 5) is 4.63. The Morgan fingerprint density at radius 3 is 2.71 bits per heavy atom. The van der Waals surface area contributed by atoms with Crippen molar-refractivity contribution in [1.29, 1.82) is 0 Å². The molecule has 0 bridgehead atoms. The largest absolute Gasteiger partial charge is 0.497 e. The van der Waals surface area contributed by atoms with E-state index in [1.807, 2.05) is 45.0 Å². The van der Waals surface area contributed by atoms with E-state index in [9.17, 15) is 0 Å². The molecule has 0 spiro atoms. The first-order valence-corrected chi connectivity index (χ1v) is 9.78. The summed E-state index contributed by atoms with van der Waals surface area (Å²) in [6, 6.07) is 7.60. The highest BCUT2D eigenvalue weighted by atomic mass is 16.5. The van der Waals surface area contributed by atoms with Crippen molar-refractivity contribution in [1.82, 2.24) is 15.8 Å². The molecule has 2 N–H and O–H groups in total. The molecule has 2 rings (SSSR count). The van der Waals surface area contributed by atoms with Gasteiger partial charge in [0.2, 0.25) is 0 Å². The average Bonchev–Trinajstić information content (AvgIpc) is 3.01. The number of benzene rings is 1. The van der Waals surface area contributed by atoms with Gasteiger partial charge in [-0.15, -0.1) is 0 Å². The number of rotatable bonds is 10. The van der Waals surface area contributed by atoms with Gasteiger partial charge in [0.25, 0.3) is 0 Å². The Morgan fingerprint density at radius 2 is 2.04 bits per heavy atom. The Morgan fingerprint density at radius 1 is 1.25 bits per heavy atom. The van der Waals surface area contributed by atoms with Crippen LogP contribution in [0.15, 0.2) is 33.8 Å². The minimum Gasteiger partial charge on any atom is -0.497 e. The lowest BCUT2D eigenvalue weighted by Gasteiger charge is -2.15. The summed E-state index contributed by atoms with van der Waals surface area (Å²) < 4.78 is 16.4. The van der Waals surface area contributed by atoms with Crippen LogP contribution in [-0.2, 0) is 6.42 Å². The van der Waals surface area contributed by atoms with E-state index in [4.69, 9.17) is 14.0 Å². The summed E-state index contributed by atoms with van der Waals surface area (Å²) in [5, 5.41) is 10.6. The number of aromatic nitrogens is 1. The normalized spacial score (nSPS) is 12.5. The Bertz CT molecular complexity index is 738. The van der Waals surface area contributed by atoms with Crippen molar-refractivity contribution >= 4 is 5.96 Å². The second-order valence-electron chi connectivity index (χ2n) is 6.66. The maximum Gasteiger partial charge on any atom is 0.191 e. The predicted octanol–water partition coefficient (Wildman–Crippen LogP) is 3.26. The van der Waals surface area contributed by atoms with Gasteiger partial charge in [-0.25, -0.2) is 4.99 Å². The Labute approximate surface area is 167 Å². The summed E-state index contributed by atoms with van der Waals surface area (Å²) in [7, 11) is 1.65. The van der Waals surface area contributed by atoms with Crippen molar-refractivity contribution in [3.63, 3.8) is 0 Å². The van der Waals surface area contributed by atoms with Crippen LogP contribution in [0.5, 0.6) is 11.5 Å². The van der Waals surface area contributed by atoms with Crippen LogP contribution in [0.3, 0.4) is 0 Å². The number of nitrogens with one attached hydrogen (secondary N) is 2. The molecule has 0 amide bonds. The molecule has 0 aliphatic carbocycles. The quantitative estimate of drug-likeness (QED) is 0.369. The topological polar surface area (TPSA) is 80.9 Å². The monoisotopic (exact) mass is 388 g/mol. The lowest BCUT2D eigenvalue weighted by molar-refractivity contribution is 0.229. The SMILES string of the molecule is CCNC(=NCC(C)Oc1cccc(OC)c1)NCCCc1c(C)noc1C. The van der Waals surface area contributed by atoms with Gasteiger partial charge >= 0.3 is 0 Å². The third kappa shape index (κ3) is 6.79. The van der Waals surface area contributed by atoms with Crippen LogP contribution in [0.2, 0.25) is 0 Å². The van der Waals surface area contributed by atoms with Crippen LogP contribution in [0, 0.1) is 13.8 Å². The first-order chi connectivity index (χ1) is 13.5. The molecule has 0 aliphatic rings. The fourth-order valence-corrected chi connectivity index (χ4v) is 2.84. The van der Waals surface area contributed by atoms with Crippen molar-refractivity contribution < 1.29 is 14.0 Å². The highest BCUT2D eigenvalue weighted by Crippen LogP contribution is 2.20. The second kappa shape index (κ2) is 11.2. The number of ether oxygens (including phenoxy) is 2. The lowest BCUT2D eigenvalue weighted by Crippen LogP contribution is -2.38. The molecular formula is C21H32N4O3.